The first-order valence-corrected chi connectivity index (χ1v) is 3.47. The highest BCUT2D eigenvalue weighted by Crippen LogP contribution is 1.97. The third-order valence-corrected chi connectivity index (χ3v) is 1.41. The standard InChI is InChI=1S/C7H10NP/c1-5-3-6(2)8-7(9)4-5/h3-4H,9H2,1-2H3. The van der Waals surface area contributed by atoms with Crippen LogP contribution in [0.25, 0.3) is 0 Å². The average molecular weight is 139 g/mol. The smallest absolute Gasteiger partial charge is 0.0574 e. The second kappa shape index (κ2) is 2.45. The van der Waals surface area contributed by atoms with E-state index >= 15 is 0 Å². The maximum atomic E-state index is 4.20. The summed E-state index contributed by atoms with van der Waals surface area (Å²) in [5.41, 5.74) is 3.38. The van der Waals surface area contributed by atoms with Crippen LogP contribution in [-0.4, -0.2) is 4.98 Å². The van der Waals surface area contributed by atoms with Gasteiger partial charge in [0.25, 0.3) is 0 Å². The van der Waals surface area contributed by atoms with Gasteiger partial charge in [0.2, 0.25) is 0 Å². The van der Waals surface area contributed by atoms with E-state index in [4.69, 9.17) is 0 Å². The molecule has 1 rings (SSSR count). The van der Waals surface area contributed by atoms with Crippen LogP contribution in [0.4, 0.5) is 0 Å². The van der Waals surface area contributed by atoms with E-state index < -0.39 is 0 Å². The van der Waals surface area contributed by atoms with E-state index in [-0.39, 0.29) is 0 Å². The predicted octanol–water partition coefficient (Wildman–Crippen LogP) is 1.20. The molecule has 0 bridgehead atoms. The van der Waals surface area contributed by atoms with Gasteiger partial charge in [-0.3, -0.25) is 4.98 Å². The van der Waals surface area contributed by atoms with Gasteiger partial charge in [0, 0.05) is 5.69 Å². The van der Waals surface area contributed by atoms with Crippen LogP contribution in [0.1, 0.15) is 11.3 Å². The van der Waals surface area contributed by atoms with Gasteiger partial charge in [-0.15, -0.1) is 0 Å². The molecule has 0 saturated carbocycles. The summed E-state index contributed by atoms with van der Waals surface area (Å²) in [6.07, 6.45) is 0. The summed E-state index contributed by atoms with van der Waals surface area (Å²) < 4.78 is 0. The topological polar surface area (TPSA) is 12.9 Å². The Kier molecular flexibility index (Phi) is 1.82. The lowest BCUT2D eigenvalue weighted by molar-refractivity contribution is 1.21. The van der Waals surface area contributed by atoms with Crippen molar-refractivity contribution in [3.63, 3.8) is 0 Å². The third kappa shape index (κ3) is 1.76. The largest absolute Gasteiger partial charge is 0.254 e. The minimum Gasteiger partial charge on any atom is -0.254 e. The molecule has 0 aliphatic rings. The summed E-state index contributed by atoms with van der Waals surface area (Å²) >= 11 is 0. The molecule has 1 unspecified atom stereocenters. The maximum Gasteiger partial charge on any atom is 0.0574 e. The fourth-order valence-corrected chi connectivity index (χ4v) is 1.34. The molecule has 9 heavy (non-hydrogen) atoms. The molecule has 1 atom stereocenters. The third-order valence-electron chi connectivity index (χ3n) is 1.12. The number of hydrogen-bond acceptors (Lipinski definition) is 1. The monoisotopic (exact) mass is 139 g/mol. The van der Waals surface area contributed by atoms with Crippen molar-refractivity contribution in [1.82, 2.24) is 4.98 Å². The molecule has 1 aromatic rings. The Morgan fingerprint density at radius 1 is 1.33 bits per heavy atom. The zero-order chi connectivity index (χ0) is 6.85. The van der Waals surface area contributed by atoms with Crippen LogP contribution in [0.2, 0.25) is 0 Å². The number of rotatable bonds is 0. The van der Waals surface area contributed by atoms with E-state index in [9.17, 15) is 0 Å². The molecular weight excluding hydrogens is 129 g/mol. The first-order valence-electron chi connectivity index (χ1n) is 2.89. The van der Waals surface area contributed by atoms with Crippen LogP contribution in [0.5, 0.6) is 0 Å². The van der Waals surface area contributed by atoms with Crippen molar-refractivity contribution in [2.75, 3.05) is 0 Å². The average Bonchev–Trinajstić information content (AvgIpc) is 1.59. The summed E-state index contributed by atoms with van der Waals surface area (Å²) in [6.45, 7) is 4.07. The van der Waals surface area contributed by atoms with E-state index in [1.165, 1.54) is 5.56 Å². The zero-order valence-electron chi connectivity index (χ0n) is 5.68. The van der Waals surface area contributed by atoms with E-state index in [1.54, 1.807) is 0 Å². The minimum absolute atomic E-state index is 1.02. The van der Waals surface area contributed by atoms with Crippen LogP contribution < -0.4 is 5.44 Å². The summed E-state index contributed by atoms with van der Waals surface area (Å²) in [5, 5.41) is 0. The molecule has 0 saturated heterocycles. The molecule has 1 aromatic heterocycles. The van der Waals surface area contributed by atoms with Gasteiger partial charge in [-0.25, -0.2) is 0 Å². The normalized spacial score (nSPS) is 9.67. The fourth-order valence-electron chi connectivity index (χ4n) is 0.873. The Hall–Kier alpha value is -0.420. The SMILES string of the molecule is Cc1cc(C)nc(P)c1. The molecule has 0 aliphatic carbocycles. The van der Waals surface area contributed by atoms with Crippen LogP contribution in [-0.2, 0) is 0 Å². The van der Waals surface area contributed by atoms with Gasteiger partial charge in [0.15, 0.2) is 0 Å². The second-order valence-electron chi connectivity index (χ2n) is 2.21. The van der Waals surface area contributed by atoms with Crippen LogP contribution in [0, 0.1) is 13.8 Å². The lowest BCUT2D eigenvalue weighted by atomic mass is 10.3. The van der Waals surface area contributed by atoms with E-state index in [0.717, 1.165) is 11.1 Å². The first kappa shape index (κ1) is 6.70. The molecular formula is C7H10NP. The number of aromatic nitrogens is 1. The van der Waals surface area contributed by atoms with E-state index in [1.807, 2.05) is 13.0 Å². The Labute approximate surface area is 57.7 Å². The highest BCUT2D eigenvalue weighted by atomic mass is 31.0. The molecule has 0 radical (unpaired) electrons. The van der Waals surface area contributed by atoms with Gasteiger partial charge in [0.1, 0.15) is 0 Å². The van der Waals surface area contributed by atoms with E-state index in [2.05, 4.69) is 27.2 Å². The minimum atomic E-state index is 1.02. The summed E-state index contributed by atoms with van der Waals surface area (Å²) in [4.78, 5) is 4.20. The number of pyridine rings is 1. The van der Waals surface area contributed by atoms with Gasteiger partial charge in [0.05, 0.1) is 5.44 Å². The summed E-state index contributed by atoms with van der Waals surface area (Å²) in [5.74, 6) is 0. The highest BCUT2D eigenvalue weighted by molar-refractivity contribution is 7.26. The first-order chi connectivity index (χ1) is 4.18. The quantitative estimate of drug-likeness (QED) is 0.492. The van der Waals surface area contributed by atoms with E-state index in [0.29, 0.717) is 0 Å². The Morgan fingerprint density at radius 2 is 2.00 bits per heavy atom. The molecule has 48 valence electrons. The summed E-state index contributed by atoms with van der Waals surface area (Å²) in [7, 11) is 2.59. The van der Waals surface area contributed by atoms with Crippen molar-refractivity contribution < 1.29 is 0 Å². The molecule has 0 spiro atoms. The summed E-state index contributed by atoms with van der Waals surface area (Å²) in [6, 6.07) is 4.10. The van der Waals surface area contributed by atoms with Gasteiger partial charge in [-0.1, -0.05) is 9.24 Å². The van der Waals surface area contributed by atoms with Gasteiger partial charge in [-0.05, 0) is 31.5 Å². The molecule has 1 heterocycles. The Morgan fingerprint density at radius 3 is 2.44 bits per heavy atom. The molecule has 0 aliphatic heterocycles. The number of nitrogens with zero attached hydrogens (tertiary/aromatic N) is 1. The predicted molar refractivity (Wildman–Crippen MR) is 43.1 cm³/mol. The molecule has 0 fully saturated rings. The van der Waals surface area contributed by atoms with Crippen LogP contribution in [0.3, 0.4) is 0 Å². The van der Waals surface area contributed by atoms with Gasteiger partial charge >= 0.3 is 0 Å². The van der Waals surface area contributed by atoms with Crippen molar-refractivity contribution in [2.24, 2.45) is 0 Å². The molecule has 2 heteroatoms. The van der Waals surface area contributed by atoms with Crippen molar-refractivity contribution >= 4 is 14.7 Å². The van der Waals surface area contributed by atoms with Crippen LogP contribution >= 0.6 is 9.24 Å². The van der Waals surface area contributed by atoms with Gasteiger partial charge in [-0.2, -0.15) is 0 Å². The lowest BCUT2D eigenvalue weighted by Crippen LogP contribution is -1.99. The van der Waals surface area contributed by atoms with Crippen molar-refractivity contribution in [3.05, 3.63) is 23.4 Å². The Balaban J connectivity index is 3.17. The van der Waals surface area contributed by atoms with Gasteiger partial charge < -0.3 is 0 Å². The highest BCUT2D eigenvalue weighted by Gasteiger charge is 1.88. The maximum absolute atomic E-state index is 4.20. The number of aryl methyl sites for hydroxylation is 2. The van der Waals surface area contributed by atoms with Crippen molar-refractivity contribution in [2.45, 2.75) is 13.8 Å². The van der Waals surface area contributed by atoms with Crippen molar-refractivity contribution in [1.29, 1.82) is 0 Å². The second-order valence-corrected chi connectivity index (χ2v) is 2.80. The zero-order valence-corrected chi connectivity index (χ0v) is 6.83. The van der Waals surface area contributed by atoms with Crippen LogP contribution in [0.15, 0.2) is 12.1 Å². The lowest BCUT2D eigenvalue weighted by Gasteiger charge is -1.95. The molecule has 0 amide bonds. The molecule has 1 nitrogen and oxygen atoms in total. The molecule has 0 N–H and O–H groups in total. The molecule has 0 aromatic carbocycles. The fraction of sp³-hybridized carbons (Fsp3) is 0.286. The Bertz CT molecular complexity index is 170. The van der Waals surface area contributed by atoms with Crippen molar-refractivity contribution in [3.8, 4) is 0 Å². The number of hydrogen-bond donors (Lipinski definition) is 0.